The van der Waals surface area contributed by atoms with E-state index in [1.807, 2.05) is 0 Å². The summed E-state index contributed by atoms with van der Waals surface area (Å²) < 4.78 is 0. The van der Waals surface area contributed by atoms with Crippen LogP contribution in [0.15, 0.2) is 24.3 Å². The van der Waals surface area contributed by atoms with Crippen LogP contribution in [0.4, 0.5) is 0 Å². The normalized spacial score (nSPS) is 22.6. The minimum Gasteiger partial charge on any atom is -0.326 e. The van der Waals surface area contributed by atoms with Crippen molar-refractivity contribution in [3.8, 4) is 0 Å². The number of rotatable bonds is 4. The second-order valence-electron chi connectivity index (χ2n) is 5.51. The van der Waals surface area contributed by atoms with Crippen LogP contribution in [0.25, 0.3) is 0 Å². The molecule has 0 radical (unpaired) electrons. The van der Waals surface area contributed by atoms with Gasteiger partial charge < -0.3 is 10.6 Å². The number of carbonyl (C=O) groups excluding carboxylic acids is 2. The molecular formula is C15H19N3O2. The number of amides is 2. The molecule has 1 atom stereocenters. The average Bonchev–Trinajstić information content (AvgIpc) is 2.97. The van der Waals surface area contributed by atoms with Crippen molar-refractivity contribution >= 4 is 11.8 Å². The van der Waals surface area contributed by atoms with Gasteiger partial charge in [0, 0.05) is 19.1 Å². The Morgan fingerprint density at radius 1 is 1.10 bits per heavy atom. The van der Waals surface area contributed by atoms with E-state index in [1.54, 1.807) is 24.3 Å². The summed E-state index contributed by atoms with van der Waals surface area (Å²) in [6.07, 6.45) is 1.84. The molecule has 1 saturated heterocycles. The molecule has 2 heterocycles. The zero-order valence-electron chi connectivity index (χ0n) is 11.4. The first-order valence-electron chi connectivity index (χ1n) is 7.10. The van der Waals surface area contributed by atoms with Crippen LogP contribution in [0.3, 0.4) is 0 Å². The topological polar surface area (TPSA) is 66.6 Å². The van der Waals surface area contributed by atoms with E-state index in [2.05, 4.69) is 4.90 Å². The van der Waals surface area contributed by atoms with Crippen LogP contribution in [0.1, 0.15) is 33.6 Å². The molecule has 0 spiro atoms. The van der Waals surface area contributed by atoms with Gasteiger partial charge in [0.15, 0.2) is 0 Å². The Balaban J connectivity index is 1.57. The van der Waals surface area contributed by atoms with Crippen LogP contribution < -0.4 is 5.73 Å². The van der Waals surface area contributed by atoms with E-state index >= 15 is 0 Å². The van der Waals surface area contributed by atoms with Crippen molar-refractivity contribution in [2.75, 3.05) is 26.2 Å². The summed E-state index contributed by atoms with van der Waals surface area (Å²) in [4.78, 5) is 28.0. The lowest BCUT2D eigenvalue weighted by molar-refractivity contribution is 0.0648. The molecule has 2 N–H and O–H groups in total. The number of benzene rings is 1. The van der Waals surface area contributed by atoms with E-state index in [1.165, 1.54) is 4.90 Å². The summed E-state index contributed by atoms with van der Waals surface area (Å²) in [6.45, 7) is 3.31. The summed E-state index contributed by atoms with van der Waals surface area (Å²) in [6, 6.07) is 7.29. The van der Waals surface area contributed by atoms with Crippen molar-refractivity contribution in [2.45, 2.75) is 18.9 Å². The first-order valence-corrected chi connectivity index (χ1v) is 7.10. The molecule has 1 fully saturated rings. The molecule has 2 aliphatic rings. The molecule has 0 aromatic heterocycles. The van der Waals surface area contributed by atoms with Gasteiger partial charge >= 0.3 is 0 Å². The predicted octanol–water partition coefficient (Wildman–Crippen LogP) is 0.706. The van der Waals surface area contributed by atoms with Gasteiger partial charge in [-0.15, -0.1) is 0 Å². The van der Waals surface area contributed by atoms with Crippen LogP contribution in [-0.2, 0) is 0 Å². The molecule has 0 bridgehead atoms. The van der Waals surface area contributed by atoms with Crippen LogP contribution in [0.5, 0.6) is 0 Å². The SMILES string of the molecule is NC1CCN(CCCN2C(=O)c3ccccc3C2=O)C1. The van der Waals surface area contributed by atoms with Crippen molar-refractivity contribution in [1.29, 1.82) is 0 Å². The third-order valence-electron chi connectivity index (χ3n) is 4.04. The van der Waals surface area contributed by atoms with Crippen LogP contribution in [-0.4, -0.2) is 53.8 Å². The number of nitrogens with two attached hydrogens (primary N) is 1. The third-order valence-corrected chi connectivity index (χ3v) is 4.04. The van der Waals surface area contributed by atoms with Gasteiger partial charge in [0.25, 0.3) is 11.8 Å². The number of imide groups is 1. The Bertz CT molecular complexity index is 509. The molecule has 1 unspecified atom stereocenters. The summed E-state index contributed by atoms with van der Waals surface area (Å²) in [5.41, 5.74) is 6.92. The standard InChI is InChI=1S/C15H19N3O2/c16-11-6-9-17(10-11)7-3-8-18-14(19)12-4-1-2-5-13(12)15(18)20/h1-2,4-5,11H,3,6-10,16H2. The van der Waals surface area contributed by atoms with Crippen molar-refractivity contribution < 1.29 is 9.59 Å². The van der Waals surface area contributed by atoms with E-state index in [0.29, 0.717) is 17.7 Å². The summed E-state index contributed by atoms with van der Waals surface area (Å²) in [7, 11) is 0. The molecular weight excluding hydrogens is 254 g/mol. The second kappa shape index (κ2) is 5.34. The molecule has 20 heavy (non-hydrogen) atoms. The van der Waals surface area contributed by atoms with Crippen molar-refractivity contribution in [1.82, 2.24) is 9.80 Å². The Hall–Kier alpha value is -1.72. The van der Waals surface area contributed by atoms with Gasteiger partial charge in [-0.3, -0.25) is 14.5 Å². The number of nitrogens with zero attached hydrogens (tertiary/aromatic N) is 2. The maximum Gasteiger partial charge on any atom is 0.261 e. The number of likely N-dealkylation sites (tertiary alicyclic amines) is 1. The molecule has 1 aromatic carbocycles. The van der Waals surface area contributed by atoms with Gasteiger partial charge in [-0.2, -0.15) is 0 Å². The van der Waals surface area contributed by atoms with Gasteiger partial charge in [0.1, 0.15) is 0 Å². The van der Waals surface area contributed by atoms with Crippen LogP contribution >= 0.6 is 0 Å². The molecule has 0 aliphatic carbocycles. The lowest BCUT2D eigenvalue weighted by atomic mass is 10.1. The first-order chi connectivity index (χ1) is 9.66. The van der Waals surface area contributed by atoms with Gasteiger partial charge in [-0.1, -0.05) is 12.1 Å². The second-order valence-corrected chi connectivity index (χ2v) is 5.51. The van der Waals surface area contributed by atoms with E-state index in [4.69, 9.17) is 5.73 Å². The van der Waals surface area contributed by atoms with E-state index < -0.39 is 0 Å². The van der Waals surface area contributed by atoms with Gasteiger partial charge in [0.2, 0.25) is 0 Å². The molecule has 3 rings (SSSR count). The Kier molecular flexibility index (Phi) is 3.54. The van der Waals surface area contributed by atoms with Crippen LogP contribution in [0, 0.1) is 0 Å². The molecule has 5 heteroatoms. The number of hydrogen-bond donors (Lipinski definition) is 1. The highest BCUT2D eigenvalue weighted by Gasteiger charge is 2.34. The maximum atomic E-state index is 12.2. The monoisotopic (exact) mass is 273 g/mol. The maximum absolute atomic E-state index is 12.2. The number of fused-ring (bicyclic) bond motifs is 1. The molecule has 106 valence electrons. The molecule has 0 saturated carbocycles. The van der Waals surface area contributed by atoms with E-state index in [0.717, 1.165) is 32.5 Å². The lowest BCUT2D eigenvalue weighted by Crippen LogP contribution is -2.34. The minimum absolute atomic E-state index is 0.163. The van der Waals surface area contributed by atoms with Crippen molar-refractivity contribution in [2.24, 2.45) is 5.73 Å². The lowest BCUT2D eigenvalue weighted by Gasteiger charge is -2.18. The zero-order valence-corrected chi connectivity index (χ0v) is 11.4. The molecule has 2 amide bonds. The molecule has 1 aromatic rings. The smallest absolute Gasteiger partial charge is 0.261 e. The Morgan fingerprint density at radius 3 is 2.30 bits per heavy atom. The number of hydrogen-bond acceptors (Lipinski definition) is 4. The average molecular weight is 273 g/mol. The summed E-state index contributed by atoms with van der Waals surface area (Å²) in [5, 5.41) is 0. The largest absolute Gasteiger partial charge is 0.326 e. The Labute approximate surface area is 118 Å². The van der Waals surface area contributed by atoms with E-state index in [9.17, 15) is 9.59 Å². The van der Waals surface area contributed by atoms with Crippen LogP contribution in [0.2, 0.25) is 0 Å². The fraction of sp³-hybridized carbons (Fsp3) is 0.467. The fourth-order valence-electron chi connectivity index (χ4n) is 2.96. The van der Waals surface area contributed by atoms with Crippen molar-refractivity contribution in [3.63, 3.8) is 0 Å². The van der Waals surface area contributed by atoms with Gasteiger partial charge in [0.05, 0.1) is 11.1 Å². The summed E-state index contributed by atoms with van der Waals surface area (Å²) in [5.74, 6) is -0.326. The van der Waals surface area contributed by atoms with Gasteiger partial charge in [-0.05, 0) is 38.1 Å². The quantitative estimate of drug-likeness (QED) is 0.820. The number of carbonyl (C=O) groups is 2. The zero-order chi connectivity index (χ0) is 14.1. The molecule has 2 aliphatic heterocycles. The predicted molar refractivity (Wildman–Crippen MR) is 75.5 cm³/mol. The minimum atomic E-state index is -0.163. The molecule has 5 nitrogen and oxygen atoms in total. The van der Waals surface area contributed by atoms with Gasteiger partial charge in [-0.25, -0.2) is 0 Å². The highest BCUT2D eigenvalue weighted by molar-refractivity contribution is 6.21. The Morgan fingerprint density at radius 2 is 1.75 bits per heavy atom. The summed E-state index contributed by atoms with van der Waals surface area (Å²) >= 11 is 0. The first kappa shape index (κ1) is 13.3. The van der Waals surface area contributed by atoms with Crippen molar-refractivity contribution in [3.05, 3.63) is 35.4 Å². The van der Waals surface area contributed by atoms with E-state index in [-0.39, 0.29) is 17.9 Å². The highest BCUT2D eigenvalue weighted by atomic mass is 16.2. The third kappa shape index (κ3) is 2.34. The fourth-order valence-corrected chi connectivity index (χ4v) is 2.96. The highest BCUT2D eigenvalue weighted by Crippen LogP contribution is 2.22.